The maximum atomic E-state index is 10.9. The van der Waals surface area contributed by atoms with Crippen LogP contribution in [-0.4, -0.2) is 27.3 Å². The average Bonchev–Trinajstić information content (AvgIpc) is 2.46. The van der Waals surface area contributed by atoms with Gasteiger partial charge in [-0.2, -0.15) is 4.20 Å². The van der Waals surface area contributed by atoms with Crippen molar-refractivity contribution >= 4 is 23.4 Å². The molecule has 70 valence electrons. The second-order valence-electron chi connectivity index (χ2n) is 2.00. The molecule has 0 fully saturated rings. The van der Waals surface area contributed by atoms with Crippen LogP contribution in [0.25, 0.3) is 0 Å². The lowest BCUT2D eigenvalue weighted by atomic mass is 10.4. The number of nitro groups is 1. The van der Waals surface area contributed by atoms with Crippen molar-refractivity contribution in [2.75, 3.05) is 7.11 Å². The molecule has 0 spiro atoms. The molecule has 1 rings (SSSR count). The normalized spacial score (nSPS) is 9.69. The first kappa shape index (κ1) is 9.46. The van der Waals surface area contributed by atoms with Gasteiger partial charge in [0.2, 0.25) is 5.69 Å². The predicted octanol–water partition coefficient (Wildman–Crippen LogP) is 0.580. The number of halogens is 1. The van der Waals surface area contributed by atoms with Crippen LogP contribution in [0.4, 0.5) is 5.69 Å². The lowest BCUT2D eigenvalue weighted by Crippen LogP contribution is -2.05. The van der Waals surface area contributed by atoms with Gasteiger partial charge in [0.05, 0.1) is 12.0 Å². The Morgan fingerprint density at radius 1 is 1.85 bits per heavy atom. The fourth-order valence-electron chi connectivity index (χ4n) is 0.713. The van der Waals surface area contributed by atoms with E-state index in [9.17, 15) is 14.9 Å². The molecule has 0 radical (unpaired) electrons. The highest BCUT2D eigenvalue weighted by molar-refractivity contribution is 6.15. The van der Waals surface area contributed by atoms with E-state index in [0.29, 0.717) is 4.20 Å². The highest BCUT2D eigenvalue weighted by Crippen LogP contribution is 2.17. The molecule has 1 aromatic rings. The van der Waals surface area contributed by atoms with E-state index in [-0.39, 0.29) is 0 Å². The van der Waals surface area contributed by atoms with Crippen LogP contribution in [0.5, 0.6) is 0 Å². The van der Waals surface area contributed by atoms with Gasteiger partial charge < -0.3 is 4.74 Å². The maximum Gasteiger partial charge on any atom is 0.365 e. The Kier molecular flexibility index (Phi) is 2.47. The molecule has 0 bridgehead atoms. The van der Waals surface area contributed by atoms with Crippen LogP contribution in [0.3, 0.4) is 0 Å². The molecule has 0 saturated carbocycles. The average molecular weight is 206 g/mol. The summed E-state index contributed by atoms with van der Waals surface area (Å²) in [6.07, 6.45) is 0.911. The summed E-state index contributed by atoms with van der Waals surface area (Å²) in [4.78, 5) is 20.5. The predicted molar refractivity (Wildman–Crippen MR) is 41.5 cm³/mol. The maximum absolute atomic E-state index is 10.9. The Hall–Kier alpha value is -1.63. The number of methoxy groups -OCH3 is 1. The Morgan fingerprint density at radius 3 is 2.92 bits per heavy atom. The van der Waals surface area contributed by atoms with E-state index in [0.717, 1.165) is 13.3 Å². The van der Waals surface area contributed by atoms with Crippen LogP contribution >= 0.6 is 11.8 Å². The zero-order chi connectivity index (χ0) is 10.0. The first-order valence-electron chi connectivity index (χ1n) is 3.04. The molecule has 0 aliphatic carbocycles. The molecule has 0 saturated heterocycles. The Labute approximate surface area is 77.1 Å². The van der Waals surface area contributed by atoms with Gasteiger partial charge in [0.15, 0.2) is 0 Å². The van der Waals surface area contributed by atoms with Crippen LogP contribution in [0, 0.1) is 10.1 Å². The molecule has 0 unspecified atom stereocenters. The quantitative estimate of drug-likeness (QED) is 0.400. The zero-order valence-corrected chi connectivity index (χ0v) is 7.19. The SMILES string of the molecule is COC(=O)c1nn(Cl)cc1[N+](=O)[O-]. The second-order valence-corrected chi connectivity index (χ2v) is 2.35. The molecule has 0 amide bonds. The van der Waals surface area contributed by atoms with E-state index in [1.54, 1.807) is 0 Å². The minimum atomic E-state index is -0.897. The number of aromatic nitrogens is 2. The highest BCUT2D eigenvalue weighted by Gasteiger charge is 2.25. The van der Waals surface area contributed by atoms with Gasteiger partial charge in [0.25, 0.3) is 0 Å². The second kappa shape index (κ2) is 3.40. The van der Waals surface area contributed by atoms with Gasteiger partial charge in [-0.3, -0.25) is 10.1 Å². The van der Waals surface area contributed by atoms with Gasteiger partial charge in [-0.25, -0.2) is 4.79 Å². The highest BCUT2D eigenvalue weighted by atomic mass is 35.5. The first-order valence-corrected chi connectivity index (χ1v) is 3.38. The molecule has 1 aromatic heterocycles. The molecule has 0 atom stereocenters. The summed E-state index contributed by atoms with van der Waals surface area (Å²) < 4.78 is 4.92. The molecule has 0 aromatic carbocycles. The van der Waals surface area contributed by atoms with Gasteiger partial charge >= 0.3 is 11.7 Å². The third-order valence-corrected chi connectivity index (χ3v) is 1.42. The molecule has 8 heteroatoms. The number of carbonyl (C=O) groups is 1. The van der Waals surface area contributed by atoms with Crippen LogP contribution < -0.4 is 0 Å². The monoisotopic (exact) mass is 205 g/mol. The number of hydrogen-bond acceptors (Lipinski definition) is 5. The van der Waals surface area contributed by atoms with Crippen LogP contribution in [0.1, 0.15) is 10.5 Å². The van der Waals surface area contributed by atoms with Crippen LogP contribution in [0.15, 0.2) is 6.20 Å². The fourth-order valence-corrected chi connectivity index (χ4v) is 0.881. The molecule has 1 heterocycles. The van der Waals surface area contributed by atoms with Crippen molar-refractivity contribution in [1.29, 1.82) is 0 Å². The van der Waals surface area contributed by atoms with Crippen molar-refractivity contribution in [3.63, 3.8) is 0 Å². The van der Waals surface area contributed by atoms with Crippen molar-refractivity contribution in [3.8, 4) is 0 Å². The van der Waals surface area contributed by atoms with E-state index in [1.807, 2.05) is 0 Å². The molecule has 0 N–H and O–H groups in total. The number of nitrogens with zero attached hydrogens (tertiary/aromatic N) is 3. The summed E-state index contributed by atoms with van der Waals surface area (Å²) in [6, 6.07) is 0. The number of hydrogen-bond donors (Lipinski definition) is 0. The lowest BCUT2D eigenvalue weighted by molar-refractivity contribution is -0.385. The molecule has 13 heavy (non-hydrogen) atoms. The summed E-state index contributed by atoms with van der Waals surface area (Å²) in [5, 5.41) is 13.7. The first-order chi connectivity index (χ1) is 6.06. The Balaban J connectivity index is 3.19. The van der Waals surface area contributed by atoms with E-state index >= 15 is 0 Å². The van der Waals surface area contributed by atoms with E-state index in [1.165, 1.54) is 0 Å². The van der Waals surface area contributed by atoms with Crippen molar-refractivity contribution in [1.82, 2.24) is 9.30 Å². The molecule has 0 aliphatic rings. The standard InChI is InChI=1S/C5H4ClN3O4/c1-13-5(10)4-3(9(11)12)2-8(6)7-4/h2H,1H3. The van der Waals surface area contributed by atoms with E-state index in [2.05, 4.69) is 9.84 Å². The van der Waals surface area contributed by atoms with Gasteiger partial charge in [0.1, 0.15) is 6.20 Å². The summed E-state index contributed by atoms with van der Waals surface area (Å²) >= 11 is 5.30. The van der Waals surface area contributed by atoms with Crippen LogP contribution in [-0.2, 0) is 4.74 Å². The lowest BCUT2D eigenvalue weighted by Gasteiger charge is -1.91. The fraction of sp³-hybridized carbons (Fsp3) is 0.200. The number of rotatable bonds is 2. The third-order valence-electron chi connectivity index (χ3n) is 1.24. The van der Waals surface area contributed by atoms with Gasteiger partial charge in [-0.1, -0.05) is 0 Å². The molecular formula is C5H4ClN3O4. The molecule has 7 nitrogen and oxygen atoms in total. The summed E-state index contributed by atoms with van der Waals surface area (Å²) in [5.41, 5.74) is -0.899. The topological polar surface area (TPSA) is 87.3 Å². The number of esters is 1. The smallest absolute Gasteiger partial charge is 0.365 e. The van der Waals surface area contributed by atoms with Crippen molar-refractivity contribution in [2.24, 2.45) is 0 Å². The zero-order valence-electron chi connectivity index (χ0n) is 6.43. The largest absolute Gasteiger partial charge is 0.464 e. The van der Waals surface area contributed by atoms with E-state index < -0.39 is 22.3 Å². The minimum absolute atomic E-state index is 0.414. The van der Waals surface area contributed by atoms with Crippen molar-refractivity contribution in [2.45, 2.75) is 0 Å². The summed E-state index contributed by atoms with van der Waals surface area (Å²) in [6.45, 7) is 0. The van der Waals surface area contributed by atoms with Gasteiger partial charge in [0, 0.05) is 11.8 Å². The molecular weight excluding hydrogens is 202 g/mol. The Morgan fingerprint density at radius 2 is 2.46 bits per heavy atom. The van der Waals surface area contributed by atoms with Gasteiger partial charge in [-0.15, -0.1) is 5.10 Å². The van der Waals surface area contributed by atoms with E-state index in [4.69, 9.17) is 11.8 Å². The summed E-state index contributed by atoms with van der Waals surface area (Å²) in [5.74, 6) is -0.897. The Bertz CT molecular complexity index is 361. The van der Waals surface area contributed by atoms with Gasteiger partial charge in [-0.05, 0) is 0 Å². The summed E-state index contributed by atoms with van der Waals surface area (Å²) in [7, 11) is 1.10. The van der Waals surface area contributed by atoms with Crippen molar-refractivity contribution < 1.29 is 14.5 Å². The molecule has 0 aliphatic heterocycles. The van der Waals surface area contributed by atoms with Crippen LogP contribution in [0.2, 0.25) is 0 Å². The third kappa shape index (κ3) is 1.75. The van der Waals surface area contributed by atoms with Crippen molar-refractivity contribution in [3.05, 3.63) is 22.0 Å². The number of ether oxygens (including phenoxy) is 1. The minimum Gasteiger partial charge on any atom is -0.464 e. The number of carbonyl (C=O) groups excluding carboxylic acids is 1.